The van der Waals surface area contributed by atoms with Gasteiger partial charge in [-0.25, -0.2) is 0 Å². The molecule has 2 aromatic rings. The SMILES string of the molecule is O=C(O)C1(C(=O)O)c2ccc(Br)cc2-c2cc(Br)ccc21. The maximum absolute atomic E-state index is 11.9. The lowest BCUT2D eigenvalue weighted by Crippen LogP contribution is -2.43. The Hall–Kier alpha value is -1.66. The van der Waals surface area contributed by atoms with Crippen LogP contribution in [0.2, 0.25) is 0 Å². The molecule has 0 amide bonds. The number of carboxylic acids is 2. The van der Waals surface area contributed by atoms with Crippen LogP contribution in [-0.2, 0) is 15.0 Å². The second-order valence-corrected chi connectivity index (χ2v) is 6.57. The van der Waals surface area contributed by atoms with Gasteiger partial charge in [-0.1, -0.05) is 44.0 Å². The van der Waals surface area contributed by atoms with E-state index >= 15 is 0 Å². The van der Waals surface area contributed by atoms with Crippen LogP contribution in [0.1, 0.15) is 11.1 Å². The molecule has 106 valence electrons. The molecule has 21 heavy (non-hydrogen) atoms. The third-order valence-electron chi connectivity index (χ3n) is 3.70. The minimum atomic E-state index is -2.06. The molecule has 4 nitrogen and oxygen atoms in total. The Morgan fingerprint density at radius 1 is 0.810 bits per heavy atom. The third-order valence-corrected chi connectivity index (χ3v) is 4.69. The fourth-order valence-corrected chi connectivity index (χ4v) is 3.55. The van der Waals surface area contributed by atoms with Crippen LogP contribution >= 0.6 is 31.9 Å². The first-order valence-corrected chi connectivity index (χ1v) is 7.55. The maximum Gasteiger partial charge on any atom is 0.330 e. The summed E-state index contributed by atoms with van der Waals surface area (Å²) in [4.78, 5) is 23.7. The van der Waals surface area contributed by atoms with E-state index in [0.717, 1.165) is 8.95 Å². The fraction of sp³-hybridized carbons (Fsp3) is 0.0667. The van der Waals surface area contributed by atoms with Gasteiger partial charge >= 0.3 is 11.9 Å². The summed E-state index contributed by atoms with van der Waals surface area (Å²) in [6.45, 7) is 0. The molecule has 0 spiro atoms. The summed E-state index contributed by atoms with van der Waals surface area (Å²) in [6.07, 6.45) is 0. The van der Waals surface area contributed by atoms with E-state index in [1.54, 1.807) is 36.4 Å². The van der Waals surface area contributed by atoms with Gasteiger partial charge in [-0.05, 0) is 46.5 Å². The fourth-order valence-electron chi connectivity index (χ4n) is 2.83. The molecule has 0 saturated heterocycles. The number of rotatable bonds is 2. The molecule has 1 aliphatic rings. The van der Waals surface area contributed by atoms with E-state index in [4.69, 9.17) is 0 Å². The van der Waals surface area contributed by atoms with Gasteiger partial charge in [-0.3, -0.25) is 9.59 Å². The Balaban J connectivity index is 2.50. The Labute approximate surface area is 136 Å². The predicted molar refractivity (Wildman–Crippen MR) is 83.3 cm³/mol. The Morgan fingerprint density at radius 2 is 1.19 bits per heavy atom. The van der Waals surface area contributed by atoms with Crippen molar-refractivity contribution in [3.8, 4) is 11.1 Å². The molecule has 2 aromatic carbocycles. The molecule has 0 aromatic heterocycles. The summed E-state index contributed by atoms with van der Waals surface area (Å²) >= 11 is 6.68. The number of hydrogen-bond donors (Lipinski definition) is 2. The van der Waals surface area contributed by atoms with Gasteiger partial charge < -0.3 is 10.2 Å². The summed E-state index contributed by atoms with van der Waals surface area (Å²) in [7, 11) is 0. The molecule has 0 saturated carbocycles. The van der Waals surface area contributed by atoms with Crippen LogP contribution < -0.4 is 0 Å². The molecule has 0 unspecified atom stereocenters. The number of hydrogen-bond acceptors (Lipinski definition) is 2. The number of halogens is 2. The normalized spacial score (nSPS) is 14.4. The Morgan fingerprint density at radius 3 is 1.52 bits per heavy atom. The molecule has 6 heteroatoms. The zero-order chi connectivity index (χ0) is 15.4. The van der Waals surface area contributed by atoms with Gasteiger partial charge in [0.1, 0.15) is 0 Å². The first-order valence-electron chi connectivity index (χ1n) is 5.96. The molecule has 1 aliphatic carbocycles. The predicted octanol–water partition coefficient (Wildman–Crippen LogP) is 3.65. The molecule has 0 aliphatic heterocycles. The molecule has 3 rings (SSSR count). The van der Waals surface area contributed by atoms with E-state index in [9.17, 15) is 19.8 Å². The van der Waals surface area contributed by atoms with Crippen LogP contribution in [0.15, 0.2) is 45.3 Å². The largest absolute Gasteiger partial charge is 0.480 e. The van der Waals surface area contributed by atoms with Crippen molar-refractivity contribution in [2.75, 3.05) is 0 Å². The summed E-state index contributed by atoms with van der Waals surface area (Å²) in [5.41, 5.74) is -0.278. The number of carboxylic acid groups (broad SMARTS) is 2. The van der Waals surface area contributed by atoms with Crippen LogP contribution in [-0.4, -0.2) is 22.2 Å². The summed E-state index contributed by atoms with van der Waals surface area (Å²) in [5.74, 6) is -2.78. The zero-order valence-corrected chi connectivity index (χ0v) is 13.6. The lowest BCUT2D eigenvalue weighted by molar-refractivity contribution is -0.154. The van der Waals surface area contributed by atoms with Gasteiger partial charge in [-0.2, -0.15) is 0 Å². The van der Waals surface area contributed by atoms with Crippen molar-refractivity contribution in [2.24, 2.45) is 0 Å². The first-order chi connectivity index (χ1) is 9.88. The minimum absolute atomic E-state index is 0.277. The van der Waals surface area contributed by atoms with Crippen molar-refractivity contribution in [2.45, 2.75) is 5.41 Å². The van der Waals surface area contributed by atoms with Crippen molar-refractivity contribution in [1.82, 2.24) is 0 Å². The van der Waals surface area contributed by atoms with Crippen LogP contribution in [0.25, 0.3) is 11.1 Å². The molecule has 2 N–H and O–H groups in total. The summed E-state index contributed by atoms with van der Waals surface area (Å²) in [6, 6.07) is 9.90. The number of fused-ring (bicyclic) bond motifs is 3. The standard InChI is InChI=1S/C15H8Br2O4/c16-7-1-3-11-9(5-7)10-6-8(17)2-4-12(10)15(11,13(18)19)14(20)21/h1-6H,(H,18,19)(H,20,21). The highest BCUT2D eigenvalue weighted by Crippen LogP contribution is 2.50. The molecule has 0 atom stereocenters. The quantitative estimate of drug-likeness (QED) is 0.739. The van der Waals surface area contributed by atoms with Crippen molar-refractivity contribution in [3.05, 3.63) is 56.5 Å². The lowest BCUT2D eigenvalue weighted by atomic mass is 9.78. The van der Waals surface area contributed by atoms with Gasteiger partial charge in [-0.15, -0.1) is 0 Å². The first kappa shape index (κ1) is 14.3. The minimum Gasteiger partial charge on any atom is -0.480 e. The van der Waals surface area contributed by atoms with Gasteiger partial charge in [0.15, 0.2) is 0 Å². The van der Waals surface area contributed by atoms with E-state index in [2.05, 4.69) is 31.9 Å². The topological polar surface area (TPSA) is 74.6 Å². The molecule has 0 heterocycles. The molecular weight excluding hydrogens is 404 g/mol. The molecule has 0 fully saturated rings. The highest BCUT2D eigenvalue weighted by atomic mass is 79.9. The van der Waals surface area contributed by atoms with Crippen molar-refractivity contribution in [3.63, 3.8) is 0 Å². The smallest absolute Gasteiger partial charge is 0.330 e. The third kappa shape index (κ3) is 1.79. The van der Waals surface area contributed by atoms with E-state index < -0.39 is 17.4 Å². The number of carbonyl (C=O) groups is 2. The second-order valence-electron chi connectivity index (χ2n) is 4.74. The maximum atomic E-state index is 11.9. The highest BCUT2D eigenvalue weighted by molar-refractivity contribution is 9.10. The Bertz CT molecular complexity index is 731. The summed E-state index contributed by atoms with van der Waals surface area (Å²) in [5, 5.41) is 19.3. The van der Waals surface area contributed by atoms with E-state index in [1.807, 2.05) is 0 Å². The summed E-state index contributed by atoms with van der Waals surface area (Å²) < 4.78 is 1.53. The Kier molecular flexibility index (Phi) is 3.18. The average Bonchev–Trinajstić information content (AvgIpc) is 2.69. The molecular formula is C15H8Br2O4. The van der Waals surface area contributed by atoms with Crippen LogP contribution in [0.5, 0.6) is 0 Å². The van der Waals surface area contributed by atoms with Crippen LogP contribution in [0.3, 0.4) is 0 Å². The van der Waals surface area contributed by atoms with E-state index in [1.165, 1.54) is 0 Å². The van der Waals surface area contributed by atoms with E-state index in [-0.39, 0.29) is 11.1 Å². The van der Waals surface area contributed by atoms with E-state index in [0.29, 0.717) is 11.1 Å². The van der Waals surface area contributed by atoms with Gasteiger partial charge in [0.25, 0.3) is 0 Å². The lowest BCUT2D eigenvalue weighted by Gasteiger charge is -2.22. The molecule has 0 radical (unpaired) electrons. The van der Waals surface area contributed by atoms with Gasteiger partial charge in [0.2, 0.25) is 5.41 Å². The number of aliphatic carboxylic acids is 2. The molecule has 0 bridgehead atoms. The van der Waals surface area contributed by atoms with Gasteiger partial charge in [0.05, 0.1) is 0 Å². The highest BCUT2D eigenvalue weighted by Gasteiger charge is 2.56. The number of benzene rings is 2. The van der Waals surface area contributed by atoms with Gasteiger partial charge in [0, 0.05) is 8.95 Å². The van der Waals surface area contributed by atoms with Crippen molar-refractivity contribution >= 4 is 43.8 Å². The van der Waals surface area contributed by atoms with Crippen LogP contribution in [0, 0.1) is 0 Å². The second kappa shape index (κ2) is 4.68. The van der Waals surface area contributed by atoms with Crippen LogP contribution in [0.4, 0.5) is 0 Å². The monoisotopic (exact) mass is 410 g/mol. The zero-order valence-electron chi connectivity index (χ0n) is 10.4. The average molecular weight is 412 g/mol. The van der Waals surface area contributed by atoms with Crippen molar-refractivity contribution < 1.29 is 19.8 Å². The van der Waals surface area contributed by atoms with Crippen molar-refractivity contribution in [1.29, 1.82) is 0 Å².